The number of halogens is 1. The molecule has 1 atom stereocenters. The van der Waals surface area contributed by atoms with Crippen molar-refractivity contribution in [3.63, 3.8) is 0 Å². The fraction of sp³-hybridized carbons (Fsp3) is 0.609. The van der Waals surface area contributed by atoms with Crippen molar-refractivity contribution >= 4 is 5.78 Å². The van der Waals surface area contributed by atoms with E-state index in [2.05, 4.69) is 53.7 Å². The second kappa shape index (κ2) is 9.89. The molecule has 0 bridgehead atoms. The number of ether oxygens (including phenoxy) is 1. The Hall–Kier alpha value is -1.64. The van der Waals surface area contributed by atoms with Crippen molar-refractivity contribution in [2.45, 2.75) is 85.7 Å². The molecule has 0 aliphatic carbocycles. The molecular formula is C23H35FO2. The lowest BCUT2D eigenvalue weighted by Crippen LogP contribution is -2.14. The molecule has 0 spiro atoms. The molecule has 0 aromatic heterocycles. The van der Waals surface area contributed by atoms with E-state index in [4.69, 9.17) is 4.74 Å². The molecule has 3 heteroatoms. The second-order valence-corrected chi connectivity index (χ2v) is 7.93. The number of carbonyl (C=O) groups excluding carboxylic acids is 1. The zero-order valence-corrected chi connectivity index (χ0v) is 17.7. The molecule has 1 aromatic rings. The van der Waals surface area contributed by atoms with Gasteiger partial charge in [0.15, 0.2) is 11.9 Å². The molecule has 1 rings (SSSR count). The molecule has 0 heterocycles. The number of rotatable bonds is 9. The van der Waals surface area contributed by atoms with Gasteiger partial charge in [0.1, 0.15) is 6.67 Å². The van der Waals surface area contributed by atoms with Crippen LogP contribution < -0.4 is 0 Å². The van der Waals surface area contributed by atoms with Crippen LogP contribution in [-0.4, -0.2) is 12.5 Å². The molecule has 2 nitrogen and oxygen atoms in total. The van der Waals surface area contributed by atoms with Crippen molar-refractivity contribution in [1.29, 1.82) is 0 Å². The van der Waals surface area contributed by atoms with Gasteiger partial charge in [-0.2, -0.15) is 0 Å². The van der Waals surface area contributed by atoms with E-state index in [1.54, 1.807) is 6.92 Å². The number of benzene rings is 1. The number of hydrogen-bond donors (Lipinski definition) is 0. The van der Waals surface area contributed by atoms with Crippen LogP contribution in [0.3, 0.4) is 0 Å². The number of hydrogen-bond acceptors (Lipinski definition) is 2. The molecule has 26 heavy (non-hydrogen) atoms. The van der Waals surface area contributed by atoms with Crippen molar-refractivity contribution < 1.29 is 13.9 Å². The molecule has 0 saturated heterocycles. The van der Waals surface area contributed by atoms with Crippen LogP contribution >= 0.6 is 0 Å². The second-order valence-electron chi connectivity index (χ2n) is 7.93. The van der Waals surface area contributed by atoms with Crippen LogP contribution in [0.5, 0.6) is 0 Å². The van der Waals surface area contributed by atoms with Crippen LogP contribution in [0.25, 0.3) is 0 Å². The monoisotopic (exact) mass is 362 g/mol. The lowest BCUT2D eigenvalue weighted by atomic mass is 9.82. The standard InChI is InChI=1S/C23H35FO2/c1-9-21(25)17(8)13-26-22(12-24)23-19(15(4)5)10-18(14(2)3)11-20(23)16(6)7/h10-11,13-16,22H,9,12H2,1-8H3/b17-13+. The summed E-state index contributed by atoms with van der Waals surface area (Å²) >= 11 is 0. The highest BCUT2D eigenvalue weighted by atomic mass is 19.1. The van der Waals surface area contributed by atoms with Crippen molar-refractivity contribution in [2.24, 2.45) is 0 Å². The van der Waals surface area contributed by atoms with Crippen molar-refractivity contribution in [3.05, 3.63) is 46.2 Å². The van der Waals surface area contributed by atoms with Gasteiger partial charge in [-0.25, -0.2) is 4.39 Å². The summed E-state index contributed by atoms with van der Waals surface area (Å²) in [6.07, 6.45) is 1.16. The molecular weight excluding hydrogens is 327 g/mol. The SMILES string of the molecule is CCC(=O)/C(C)=C/OC(CF)c1c(C(C)C)cc(C(C)C)cc1C(C)C. The number of carbonyl (C=O) groups is 1. The van der Waals surface area contributed by atoms with E-state index in [0.29, 0.717) is 17.9 Å². The van der Waals surface area contributed by atoms with Gasteiger partial charge in [-0.15, -0.1) is 0 Å². The first-order valence-electron chi connectivity index (χ1n) is 9.72. The van der Waals surface area contributed by atoms with E-state index in [1.807, 2.05) is 6.92 Å². The summed E-state index contributed by atoms with van der Waals surface area (Å²) in [5, 5.41) is 0. The lowest BCUT2D eigenvalue weighted by molar-refractivity contribution is -0.115. The highest BCUT2D eigenvalue weighted by Crippen LogP contribution is 2.37. The number of alkyl halides is 1. The number of ketones is 1. The summed E-state index contributed by atoms with van der Waals surface area (Å²) in [6, 6.07) is 4.38. The fourth-order valence-electron chi connectivity index (χ4n) is 3.09. The van der Waals surface area contributed by atoms with Gasteiger partial charge in [0.05, 0.1) is 6.26 Å². The Morgan fingerprint density at radius 3 is 1.88 bits per heavy atom. The van der Waals surface area contributed by atoms with E-state index >= 15 is 0 Å². The van der Waals surface area contributed by atoms with E-state index in [-0.39, 0.29) is 17.6 Å². The Kier molecular flexibility index (Phi) is 8.52. The minimum Gasteiger partial charge on any atom is -0.490 e. The van der Waals surface area contributed by atoms with Gasteiger partial charge in [-0.05, 0) is 41.4 Å². The van der Waals surface area contributed by atoms with E-state index in [0.717, 1.165) is 16.7 Å². The van der Waals surface area contributed by atoms with Gasteiger partial charge >= 0.3 is 0 Å². The minimum absolute atomic E-state index is 0.0194. The van der Waals surface area contributed by atoms with Crippen LogP contribution in [0.4, 0.5) is 4.39 Å². The summed E-state index contributed by atoms with van der Waals surface area (Å²) < 4.78 is 19.8. The largest absolute Gasteiger partial charge is 0.490 e. The Labute approximate surface area is 158 Å². The molecule has 0 N–H and O–H groups in total. The van der Waals surface area contributed by atoms with Crippen molar-refractivity contribution in [1.82, 2.24) is 0 Å². The van der Waals surface area contributed by atoms with Crippen LogP contribution in [-0.2, 0) is 9.53 Å². The van der Waals surface area contributed by atoms with E-state index in [1.165, 1.54) is 11.8 Å². The first kappa shape index (κ1) is 22.4. The smallest absolute Gasteiger partial charge is 0.161 e. The van der Waals surface area contributed by atoms with Crippen molar-refractivity contribution in [2.75, 3.05) is 6.67 Å². The van der Waals surface area contributed by atoms with Gasteiger partial charge in [0, 0.05) is 17.6 Å². The highest BCUT2D eigenvalue weighted by Gasteiger charge is 2.24. The fourth-order valence-corrected chi connectivity index (χ4v) is 3.09. The summed E-state index contributed by atoms with van der Waals surface area (Å²) in [4.78, 5) is 11.8. The molecule has 1 aromatic carbocycles. The lowest BCUT2D eigenvalue weighted by Gasteiger charge is -2.27. The molecule has 0 aliphatic rings. The number of allylic oxidation sites excluding steroid dienone is 1. The maximum atomic E-state index is 14.0. The third kappa shape index (κ3) is 5.43. The van der Waals surface area contributed by atoms with Gasteiger partial charge < -0.3 is 4.74 Å². The van der Waals surface area contributed by atoms with Crippen LogP contribution in [0.15, 0.2) is 24.0 Å². The summed E-state index contributed by atoms with van der Waals surface area (Å²) in [7, 11) is 0. The molecule has 1 unspecified atom stereocenters. The normalized spacial score (nSPS) is 13.6. The molecule has 146 valence electrons. The number of Topliss-reactive ketones (excluding diaryl/α,β-unsaturated/α-hetero) is 1. The molecule has 0 fully saturated rings. The van der Waals surface area contributed by atoms with Gasteiger partial charge in [-0.1, -0.05) is 60.6 Å². The maximum Gasteiger partial charge on any atom is 0.161 e. The van der Waals surface area contributed by atoms with Gasteiger partial charge in [0.25, 0.3) is 0 Å². The third-order valence-electron chi connectivity index (χ3n) is 4.81. The van der Waals surface area contributed by atoms with Crippen LogP contribution in [0, 0.1) is 0 Å². The van der Waals surface area contributed by atoms with Crippen LogP contribution in [0.2, 0.25) is 0 Å². The predicted molar refractivity (Wildman–Crippen MR) is 108 cm³/mol. The van der Waals surface area contributed by atoms with Crippen molar-refractivity contribution in [3.8, 4) is 0 Å². The summed E-state index contributed by atoms with van der Waals surface area (Å²) in [5.74, 6) is 0.960. The Morgan fingerprint density at radius 1 is 1.04 bits per heavy atom. The topological polar surface area (TPSA) is 26.3 Å². The van der Waals surface area contributed by atoms with E-state index < -0.39 is 12.8 Å². The van der Waals surface area contributed by atoms with E-state index in [9.17, 15) is 9.18 Å². The maximum absolute atomic E-state index is 14.0. The molecule has 0 saturated carbocycles. The quantitative estimate of drug-likeness (QED) is 0.350. The molecule has 0 radical (unpaired) electrons. The minimum atomic E-state index is -0.689. The average molecular weight is 363 g/mol. The Balaban J connectivity index is 3.48. The Bertz CT molecular complexity index is 613. The average Bonchev–Trinajstić information content (AvgIpc) is 2.60. The molecule has 0 amide bonds. The third-order valence-corrected chi connectivity index (χ3v) is 4.81. The zero-order chi connectivity index (χ0) is 20.0. The Morgan fingerprint density at radius 2 is 1.54 bits per heavy atom. The zero-order valence-electron chi connectivity index (χ0n) is 17.7. The molecule has 0 aliphatic heterocycles. The van der Waals surface area contributed by atoms with Gasteiger partial charge in [0.2, 0.25) is 0 Å². The first-order chi connectivity index (χ1) is 12.1. The highest BCUT2D eigenvalue weighted by molar-refractivity contribution is 5.94. The van der Waals surface area contributed by atoms with Gasteiger partial charge in [-0.3, -0.25) is 4.79 Å². The predicted octanol–water partition coefficient (Wildman–Crippen LogP) is 6.97. The summed E-state index contributed by atoms with van der Waals surface area (Å²) in [5.41, 5.74) is 5.01. The summed E-state index contributed by atoms with van der Waals surface area (Å²) in [6.45, 7) is 15.8. The van der Waals surface area contributed by atoms with Crippen LogP contribution in [0.1, 0.15) is 108 Å². The first-order valence-corrected chi connectivity index (χ1v) is 9.72.